The number of nitrogens with one attached hydrogen (secondary N) is 1. The number of aryl methyl sites for hydroxylation is 1. The standard InChI is InChI=1S/C25H31N3O3S/c1-4-19-5-9-21(10-6-19)24(18(2)3)27-25(29)22-13-15-28(16-14-22)32(30,31)23-11-7-20(17-26)8-12-23/h5-12,18,22,24H,4,13-16H2,1-3H3,(H,27,29). The molecule has 1 unspecified atom stereocenters. The van der Waals surface area contributed by atoms with Crippen LogP contribution in [-0.2, 0) is 21.2 Å². The van der Waals surface area contributed by atoms with E-state index in [0.29, 0.717) is 31.5 Å². The molecule has 0 spiro atoms. The number of nitriles is 1. The number of carbonyl (C=O) groups is 1. The highest BCUT2D eigenvalue weighted by molar-refractivity contribution is 7.89. The Bertz CT molecular complexity index is 1060. The van der Waals surface area contributed by atoms with E-state index in [1.54, 1.807) is 0 Å². The largest absolute Gasteiger partial charge is 0.349 e. The maximum absolute atomic E-state index is 13.0. The van der Waals surface area contributed by atoms with Gasteiger partial charge in [0.2, 0.25) is 15.9 Å². The molecule has 1 fully saturated rings. The van der Waals surface area contributed by atoms with Gasteiger partial charge in [-0.1, -0.05) is 45.0 Å². The Morgan fingerprint density at radius 3 is 2.19 bits per heavy atom. The van der Waals surface area contributed by atoms with E-state index >= 15 is 0 Å². The zero-order valence-corrected chi connectivity index (χ0v) is 19.7. The van der Waals surface area contributed by atoms with Gasteiger partial charge >= 0.3 is 0 Å². The average molecular weight is 454 g/mol. The van der Waals surface area contributed by atoms with Crippen LogP contribution in [0.5, 0.6) is 0 Å². The lowest BCUT2D eigenvalue weighted by Crippen LogP contribution is -2.44. The Hall–Kier alpha value is -2.69. The molecule has 1 heterocycles. The first-order chi connectivity index (χ1) is 15.3. The number of benzene rings is 2. The third-order valence-electron chi connectivity index (χ3n) is 6.16. The summed E-state index contributed by atoms with van der Waals surface area (Å²) in [7, 11) is -3.63. The molecule has 2 aromatic carbocycles. The molecule has 6 nitrogen and oxygen atoms in total. The molecule has 32 heavy (non-hydrogen) atoms. The first-order valence-corrected chi connectivity index (χ1v) is 12.6. The van der Waals surface area contributed by atoms with Crippen LogP contribution >= 0.6 is 0 Å². The summed E-state index contributed by atoms with van der Waals surface area (Å²) in [6, 6.07) is 16.2. The molecular weight excluding hydrogens is 422 g/mol. The van der Waals surface area contributed by atoms with Crippen LogP contribution in [0.2, 0.25) is 0 Å². The molecule has 0 bridgehead atoms. The molecule has 0 aliphatic carbocycles. The van der Waals surface area contributed by atoms with Gasteiger partial charge in [-0.2, -0.15) is 9.57 Å². The van der Waals surface area contributed by atoms with Gasteiger partial charge in [0.1, 0.15) is 0 Å². The van der Waals surface area contributed by atoms with Crippen molar-refractivity contribution < 1.29 is 13.2 Å². The van der Waals surface area contributed by atoms with Gasteiger partial charge in [0.25, 0.3) is 0 Å². The first-order valence-electron chi connectivity index (χ1n) is 11.2. The van der Waals surface area contributed by atoms with E-state index in [1.807, 2.05) is 6.07 Å². The highest BCUT2D eigenvalue weighted by Crippen LogP contribution is 2.27. The minimum atomic E-state index is -3.63. The van der Waals surface area contributed by atoms with E-state index in [2.05, 4.69) is 50.4 Å². The number of amides is 1. The number of hydrogen-bond donors (Lipinski definition) is 1. The monoisotopic (exact) mass is 453 g/mol. The zero-order chi connectivity index (χ0) is 23.3. The zero-order valence-electron chi connectivity index (χ0n) is 18.9. The van der Waals surface area contributed by atoms with Gasteiger partial charge in [-0.15, -0.1) is 0 Å². The second-order valence-electron chi connectivity index (χ2n) is 8.64. The van der Waals surface area contributed by atoms with Crippen LogP contribution in [0.1, 0.15) is 56.3 Å². The smallest absolute Gasteiger partial charge is 0.243 e. The maximum atomic E-state index is 13.0. The summed E-state index contributed by atoms with van der Waals surface area (Å²) in [5, 5.41) is 12.1. The summed E-state index contributed by atoms with van der Waals surface area (Å²) < 4.78 is 27.3. The van der Waals surface area contributed by atoms with Crippen molar-refractivity contribution in [1.82, 2.24) is 9.62 Å². The van der Waals surface area contributed by atoms with Crippen molar-refractivity contribution in [3.05, 3.63) is 65.2 Å². The van der Waals surface area contributed by atoms with Crippen LogP contribution in [-0.4, -0.2) is 31.7 Å². The van der Waals surface area contributed by atoms with Crippen molar-refractivity contribution in [3.8, 4) is 6.07 Å². The molecule has 3 rings (SSSR count). The molecule has 1 aliphatic rings. The van der Waals surface area contributed by atoms with Gasteiger partial charge < -0.3 is 5.32 Å². The van der Waals surface area contributed by atoms with E-state index in [4.69, 9.17) is 5.26 Å². The minimum absolute atomic E-state index is 0.0151. The second kappa shape index (κ2) is 10.3. The molecule has 1 amide bonds. The van der Waals surface area contributed by atoms with E-state index in [1.165, 1.54) is 34.1 Å². The van der Waals surface area contributed by atoms with Crippen LogP contribution in [0.15, 0.2) is 53.4 Å². The Morgan fingerprint density at radius 1 is 1.09 bits per heavy atom. The Kier molecular flexibility index (Phi) is 7.70. The Morgan fingerprint density at radius 2 is 1.69 bits per heavy atom. The molecule has 0 aromatic heterocycles. The maximum Gasteiger partial charge on any atom is 0.243 e. The molecule has 0 radical (unpaired) electrons. The van der Waals surface area contributed by atoms with Crippen LogP contribution in [0.3, 0.4) is 0 Å². The van der Waals surface area contributed by atoms with Crippen molar-refractivity contribution in [2.75, 3.05) is 13.1 Å². The van der Waals surface area contributed by atoms with Gasteiger partial charge in [-0.3, -0.25) is 4.79 Å². The minimum Gasteiger partial charge on any atom is -0.349 e. The SMILES string of the molecule is CCc1ccc(C(NC(=O)C2CCN(S(=O)(=O)c3ccc(C#N)cc3)CC2)C(C)C)cc1. The average Bonchev–Trinajstić information content (AvgIpc) is 2.82. The number of hydrogen-bond acceptors (Lipinski definition) is 4. The van der Waals surface area contributed by atoms with E-state index in [0.717, 1.165) is 12.0 Å². The van der Waals surface area contributed by atoms with Crippen molar-refractivity contribution in [1.29, 1.82) is 5.26 Å². The summed E-state index contributed by atoms with van der Waals surface area (Å²) in [5.74, 6) is 0.0144. The van der Waals surface area contributed by atoms with Gasteiger partial charge in [-0.05, 0) is 60.6 Å². The van der Waals surface area contributed by atoms with Crippen LogP contribution in [0, 0.1) is 23.2 Å². The molecule has 170 valence electrons. The van der Waals surface area contributed by atoms with Crippen LogP contribution < -0.4 is 5.32 Å². The summed E-state index contributed by atoms with van der Waals surface area (Å²) in [4.78, 5) is 13.2. The Labute approximate surface area is 191 Å². The highest BCUT2D eigenvalue weighted by Gasteiger charge is 2.33. The topological polar surface area (TPSA) is 90.3 Å². The lowest BCUT2D eigenvalue weighted by atomic mass is 9.92. The number of nitrogens with zero attached hydrogens (tertiary/aromatic N) is 2. The third-order valence-corrected chi connectivity index (χ3v) is 8.07. The molecule has 0 saturated carbocycles. The molecule has 1 saturated heterocycles. The van der Waals surface area contributed by atoms with E-state index in [-0.39, 0.29) is 28.7 Å². The van der Waals surface area contributed by atoms with Crippen molar-refractivity contribution in [3.63, 3.8) is 0 Å². The summed E-state index contributed by atoms with van der Waals surface area (Å²) in [5.41, 5.74) is 2.77. The normalized spacial score (nSPS) is 16.5. The van der Waals surface area contributed by atoms with Gasteiger partial charge in [0.05, 0.1) is 22.6 Å². The summed E-state index contributed by atoms with van der Waals surface area (Å²) in [6.45, 7) is 6.90. The van der Waals surface area contributed by atoms with E-state index in [9.17, 15) is 13.2 Å². The van der Waals surface area contributed by atoms with Crippen molar-refractivity contribution in [2.24, 2.45) is 11.8 Å². The fourth-order valence-electron chi connectivity index (χ4n) is 4.08. The first kappa shape index (κ1) is 24.0. The molecular formula is C25H31N3O3S. The predicted molar refractivity (Wildman–Crippen MR) is 124 cm³/mol. The number of carbonyl (C=O) groups excluding carboxylic acids is 1. The van der Waals surface area contributed by atoms with E-state index < -0.39 is 10.0 Å². The van der Waals surface area contributed by atoms with Gasteiger partial charge in [0, 0.05) is 19.0 Å². The van der Waals surface area contributed by atoms with Crippen molar-refractivity contribution >= 4 is 15.9 Å². The third kappa shape index (κ3) is 5.37. The predicted octanol–water partition coefficient (Wildman–Crippen LogP) is 4.03. The van der Waals surface area contributed by atoms with Gasteiger partial charge in [-0.25, -0.2) is 8.42 Å². The molecule has 1 aliphatic heterocycles. The molecule has 7 heteroatoms. The van der Waals surface area contributed by atoms with Crippen LogP contribution in [0.25, 0.3) is 0 Å². The number of rotatable bonds is 7. The van der Waals surface area contributed by atoms with Crippen molar-refractivity contribution in [2.45, 2.75) is 51.0 Å². The number of sulfonamides is 1. The Balaban J connectivity index is 1.63. The molecule has 1 N–H and O–H groups in total. The number of piperidine rings is 1. The quantitative estimate of drug-likeness (QED) is 0.685. The second-order valence-corrected chi connectivity index (χ2v) is 10.6. The molecule has 1 atom stereocenters. The lowest BCUT2D eigenvalue weighted by Gasteiger charge is -2.32. The van der Waals surface area contributed by atoms with Gasteiger partial charge in [0.15, 0.2) is 0 Å². The summed E-state index contributed by atoms with van der Waals surface area (Å²) >= 11 is 0. The van der Waals surface area contributed by atoms with Crippen LogP contribution in [0.4, 0.5) is 0 Å². The fraction of sp³-hybridized carbons (Fsp3) is 0.440. The fourth-order valence-corrected chi connectivity index (χ4v) is 5.55. The summed E-state index contributed by atoms with van der Waals surface area (Å²) in [6.07, 6.45) is 1.95. The highest BCUT2D eigenvalue weighted by atomic mass is 32.2. The lowest BCUT2D eigenvalue weighted by molar-refractivity contribution is -0.127. The molecule has 2 aromatic rings.